The predicted molar refractivity (Wildman–Crippen MR) is 138 cm³/mol. The summed E-state index contributed by atoms with van der Waals surface area (Å²) in [6.45, 7) is 4.00. The predicted octanol–water partition coefficient (Wildman–Crippen LogP) is 5.95. The van der Waals surface area contributed by atoms with E-state index in [1.54, 1.807) is 16.8 Å². The maximum atomic E-state index is 13.6. The van der Waals surface area contributed by atoms with Crippen molar-refractivity contribution in [3.05, 3.63) is 79.0 Å². The van der Waals surface area contributed by atoms with Crippen molar-refractivity contribution >= 4 is 20.9 Å². The van der Waals surface area contributed by atoms with E-state index < -0.39 is 9.84 Å². The van der Waals surface area contributed by atoms with E-state index in [-0.39, 0.29) is 23.4 Å². The smallest absolute Gasteiger partial charge is 0.230 e. The molecule has 1 saturated heterocycles. The number of sulfone groups is 1. The molecule has 5 aromatic rings. The summed E-state index contributed by atoms with van der Waals surface area (Å²) < 4.78 is 45.5. The Morgan fingerprint density at radius 2 is 1.72 bits per heavy atom. The second kappa shape index (κ2) is 9.66. The van der Waals surface area contributed by atoms with Gasteiger partial charge in [-0.1, -0.05) is 44.2 Å². The highest BCUT2D eigenvalue weighted by Gasteiger charge is 2.31. The van der Waals surface area contributed by atoms with Gasteiger partial charge in [-0.3, -0.25) is 4.68 Å². The van der Waals surface area contributed by atoms with Gasteiger partial charge in [0, 0.05) is 22.9 Å². The van der Waals surface area contributed by atoms with E-state index in [1.807, 2.05) is 56.4 Å². The Morgan fingerprint density at radius 1 is 0.972 bits per heavy atom. The molecule has 0 amide bonds. The summed E-state index contributed by atoms with van der Waals surface area (Å²) in [6, 6.07) is 17.4. The Balaban J connectivity index is 0.00000130. The average molecular weight is 505 g/mol. The van der Waals surface area contributed by atoms with Crippen molar-refractivity contribution in [2.75, 3.05) is 11.5 Å². The first-order valence-electron chi connectivity index (χ1n) is 11.8. The van der Waals surface area contributed by atoms with Crippen LogP contribution < -0.4 is 0 Å². The van der Waals surface area contributed by atoms with E-state index in [4.69, 9.17) is 9.52 Å². The van der Waals surface area contributed by atoms with Crippen LogP contribution in [0.4, 0.5) is 4.39 Å². The van der Waals surface area contributed by atoms with Gasteiger partial charge < -0.3 is 4.42 Å². The Kier molecular flexibility index (Phi) is 6.40. The molecular weight excluding hydrogens is 479 g/mol. The van der Waals surface area contributed by atoms with Gasteiger partial charge in [0.2, 0.25) is 5.71 Å². The van der Waals surface area contributed by atoms with Gasteiger partial charge in [0.1, 0.15) is 23.6 Å². The van der Waals surface area contributed by atoms with Crippen LogP contribution in [0.2, 0.25) is 0 Å². The molecule has 184 valence electrons. The number of rotatable bonds is 4. The lowest BCUT2D eigenvalue weighted by atomic mass is 10.0. The van der Waals surface area contributed by atoms with E-state index in [0.29, 0.717) is 45.8 Å². The number of nitrogens with zero attached hydrogens (tertiary/aromatic N) is 4. The van der Waals surface area contributed by atoms with Crippen LogP contribution in [0.1, 0.15) is 26.3 Å². The van der Waals surface area contributed by atoms with Gasteiger partial charge in [-0.25, -0.2) is 22.8 Å². The molecule has 0 bridgehead atoms. The van der Waals surface area contributed by atoms with Gasteiger partial charge in [0.05, 0.1) is 28.6 Å². The molecule has 9 heteroatoms. The van der Waals surface area contributed by atoms with Gasteiger partial charge in [0.25, 0.3) is 0 Å². The summed E-state index contributed by atoms with van der Waals surface area (Å²) >= 11 is 0. The Hall–Kier alpha value is -3.85. The topological polar surface area (TPSA) is 90.9 Å². The fourth-order valence-corrected chi connectivity index (χ4v) is 6.08. The van der Waals surface area contributed by atoms with Gasteiger partial charge in [-0.2, -0.15) is 5.10 Å². The number of aromatic nitrogens is 4. The number of furan rings is 1. The lowest BCUT2D eigenvalue weighted by molar-refractivity contribution is 0.501. The van der Waals surface area contributed by atoms with Gasteiger partial charge in [-0.05, 0) is 36.8 Å². The van der Waals surface area contributed by atoms with Crippen LogP contribution in [0.25, 0.3) is 44.9 Å². The molecule has 0 saturated carbocycles. The molecule has 7 nitrogen and oxygen atoms in total. The van der Waals surface area contributed by atoms with Crippen LogP contribution in [0.3, 0.4) is 0 Å². The summed E-state index contributed by atoms with van der Waals surface area (Å²) in [4.78, 5) is 8.84. The molecule has 1 unspecified atom stereocenters. The largest absolute Gasteiger partial charge is 0.438 e. The first-order valence-corrected chi connectivity index (χ1v) is 13.6. The van der Waals surface area contributed by atoms with Crippen LogP contribution in [0, 0.1) is 5.82 Å². The highest BCUT2D eigenvalue weighted by Crippen LogP contribution is 2.38. The fourth-order valence-electron chi connectivity index (χ4n) is 4.37. The molecule has 4 heterocycles. The van der Waals surface area contributed by atoms with Gasteiger partial charge in [-0.15, -0.1) is 0 Å². The summed E-state index contributed by atoms with van der Waals surface area (Å²) in [5.74, 6) is 0.493. The standard InChI is InChI=1S/C25H19FN4O3S.C2H6/c26-18-8-6-17(7-9-18)23-21(13-30(29-23)19-10-11-34(31,32)14-19)24-20-12-22(16-4-2-1-3-5-16)33-25(20)28-15-27-24;1-2/h1-9,12-13,15,19H,10-11,14H2;1-2H3. The molecule has 0 aliphatic carbocycles. The first kappa shape index (κ1) is 23.9. The number of benzene rings is 2. The maximum absolute atomic E-state index is 13.6. The number of hydrogen-bond acceptors (Lipinski definition) is 6. The normalized spacial score (nSPS) is 16.6. The molecule has 1 aliphatic heterocycles. The number of hydrogen-bond donors (Lipinski definition) is 0. The second-order valence-corrected chi connectivity index (χ2v) is 10.6. The minimum Gasteiger partial charge on any atom is -0.438 e. The Morgan fingerprint density at radius 3 is 2.42 bits per heavy atom. The third-order valence-corrected chi connectivity index (χ3v) is 7.83. The molecular formula is C27H25FN4O3S. The molecule has 2 aromatic carbocycles. The lowest BCUT2D eigenvalue weighted by Crippen LogP contribution is -2.11. The second-order valence-electron chi connectivity index (χ2n) is 8.35. The lowest BCUT2D eigenvalue weighted by Gasteiger charge is -2.07. The van der Waals surface area contributed by atoms with Crippen molar-refractivity contribution in [2.24, 2.45) is 0 Å². The van der Waals surface area contributed by atoms with Crippen LogP contribution in [0.15, 0.2) is 77.6 Å². The van der Waals surface area contributed by atoms with Crippen LogP contribution in [-0.2, 0) is 9.84 Å². The molecule has 0 radical (unpaired) electrons. The number of fused-ring (bicyclic) bond motifs is 1. The van der Waals surface area contributed by atoms with Gasteiger partial charge in [0.15, 0.2) is 9.84 Å². The third kappa shape index (κ3) is 4.54. The van der Waals surface area contributed by atoms with Crippen LogP contribution in [-0.4, -0.2) is 39.7 Å². The van der Waals surface area contributed by atoms with Crippen LogP contribution in [0.5, 0.6) is 0 Å². The monoisotopic (exact) mass is 504 g/mol. The SMILES string of the molecule is CC.O=S1(=O)CCC(n2cc(-c3ncnc4oc(-c5ccccc5)cc34)c(-c3ccc(F)cc3)n2)C1. The van der Waals surface area contributed by atoms with Crippen molar-refractivity contribution < 1.29 is 17.2 Å². The highest BCUT2D eigenvalue weighted by atomic mass is 32.2. The molecule has 0 N–H and O–H groups in total. The number of halogens is 1. The van der Waals surface area contributed by atoms with Crippen molar-refractivity contribution in [3.63, 3.8) is 0 Å². The van der Waals surface area contributed by atoms with Crippen molar-refractivity contribution in [2.45, 2.75) is 26.3 Å². The van der Waals surface area contributed by atoms with Crippen molar-refractivity contribution in [1.29, 1.82) is 0 Å². The van der Waals surface area contributed by atoms with E-state index in [9.17, 15) is 12.8 Å². The quantitative estimate of drug-likeness (QED) is 0.301. The molecule has 0 spiro atoms. The summed E-state index contributed by atoms with van der Waals surface area (Å²) in [5, 5.41) is 5.46. The van der Waals surface area contributed by atoms with E-state index >= 15 is 0 Å². The summed E-state index contributed by atoms with van der Waals surface area (Å²) in [6.07, 6.45) is 3.75. The third-order valence-electron chi connectivity index (χ3n) is 6.07. The van der Waals surface area contributed by atoms with Gasteiger partial charge >= 0.3 is 0 Å². The van der Waals surface area contributed by atoms with E-state index in [1.165, 1.54) is 18.5 Å². The summed E-state index contributed by atoms with van der Waals surface area (Å²) in [5.41, 5.74) is 3.95. The van der Waals surface area contributed by atoms with E-state index in [2.05, 4.69) is 9.97 Å². The molecule has 6 rings (SSSR count). The molecule has 1 fully saturated rings. The zero-order valence-corrected chi connectivity index (χ0v) is 20.7. The molecule has 3 aromatic heterocycles. The fraction of sp³-hybridized carbons (Fsp3) is 0.222. The summed E-state index contributed by atoms with van der Waals surface area (Å²) in [7, 11) is -3.10. The molecule has 1 aliphatic rings. The zero-order chi connectivity index (χ0) is 25.3. The van der Waals surface area contributed by atoms with Crippen molar-refractivity contribution in [1.82, 2.24) is 19.7 Å². The zero-order valence-electron chi connectivity index (χ0n) is 19.9. The molecule has 36 heavy (non-hydrogen) atoms. The first-order chi connectivity index (χ1) is 17.5. The average Bonchev–Trinajstić information content (AvgIpc) is 3.62. The van der Waals surface area contributed by atoms with Crippen LogP contribution >= 0.6 is 0 Å². The van der Waals surface area contributed by atoms with E-state index in [0.717, 1.165) is 5.56 Å². The molecule has 1 atom stereocenters. The minimum atomic E-state index is -3.10. The highest BCUT2D eigenvalue weighted by molar-refractivity contribution is 7.91. The Labute approximate surface area is 208 Å². The maximum Gasteiger partial charge on any atom is 0.230 e. The Bertz CT molecular complexity index is 1610. The minimum absolute atomic E-state index is 0.0417. The van der Waals surface area contributed by atoms with Crippen molar-refractivity contribution in [3.8, 4) is 33.8 Å².